The fourth-order valence-electron chi connectivity index (χ4n) is 5.69. The van der Waals surface area contributed by atoms with Gasteiger partial charge in [0.15, 0.2) is 0 Å². The maximum absolute atomic E-state index is 13.5. The van der Waals surface area contributed by atoms with Gasteiger partial charge in [-0.15, -0.1) is 22.7 Å². The minimum Gasteiger partial charge on any atom is -0.453 e. The number of nitrogens with zero attached hydrogens (tertiary/aromatic N) is 3. The smallest absolute Gasteiger partial charge is 0.407 e. The van der Waals surface area contributed by atoms with Crippen LogP contribution in [0.2, 0.25) is 0 Å². The molecule has 1 aliphatic heterocycles. The van der Waals surface area contributed by atoms with Crippen molar-refractivity contribution in [3.63, 3.8) is 0 Å². The molecule has 0 aliphatic carbocycles. The summed E-state index contributed by atoms with van der Waals surface area (Å²) < 4.78 is 7.15. The zero-order valence-corrected chi connectivity index (χ0v) is 27.5. The van der Waals surface area contributed by atoms with E-state index >= 15 is 0 Å². The molecule has 0 bridgehead atoms. The molecule has 1 saturated heterocycles. The van der Waals surface area contributed by atoms with Gasteiger partial charge in [-0.2, -0.15) is 0 Å². The van der Waals surface area contributed by atoms with Gasteiger partial charge in [-0.1, -0.05) is 32.8 Å². The Balaban J connectivity index is 1.21. The van der Waals surface area contributed by atoms with Crippen molar-refractivity contribution in [1.82, 2.24) is 35.5 Å². The summed E-state index contributed by atoms with van der Waals surface area (Å²) in [6.07, 6.45) is 3.94. The number of aromatic nitrogens is 4. The van der Waals surface area contributed by atoms with Gasteiger partial charge in [0.25, 0.3) is 0 Å². The number of likely N-dealkylation sites (tertiary alicyclic amines) is 1. The third-order valence-corrected chi connectivity index (χ3v) is 10.2. The normalized spacial score (nSPS) is 15.5. The van der Waals surface area contributed by atoms with Gasteiger partial charge in [0.05, 0.1) is 51.9 Å². The standard InChI is InChI=1S/C33H37N7O3S2/c1-5-12-34-16-27-35-15-22(36-27)10-8-21-17-44-30-23(18-45-29(21)30)20-9-11-24-25(14-20)38-31(37-24)26-7-6-13-40(26)32(41)28(19(2)3)39-33(42)43-4/h9,11,14-15,17-19,26,28,34H,5-7,12-13,16H2,1-4H3,(H,35,36)(H,37,38)(H,39,42). The molecule has 45 heavy (non-hydrogen) atoms. The summed E-state index contributed by atoms with van der Waals surface area (Å²) in [4.78, 5) is 43.4. The summed E-state index contributed by atoms with van der Waals surface area (Å²) in [5.74, 6) is 8.03. The Bertz CT molecular complexity index is 1890. The number of carbonyl (C=O) groups is 2. The number of methoxy groups -OCH3 is 1. The number of alkyl carbamates (subject to hydrolysis) is 1. The van der Waals surface area contributed by atoms with E-state index in [4.69, 9.17) is 9.72 Å². The third-order valence-electron chi connectivity index (χ3n) is 8.02. The van der Waals surface area contributed by atoms with Crippen LogP contribution in [0.25, 0.3) is 31.6 Å². The number of nitrogens with one attached hydrogen (secondary N) is 4. The SMILES string of the molecule is CCCNCc1ncc(C#Cc2csc3c(-c4ccc5nc(C6CCCN6C(=O)C(NC(=O)OC)C(C)C)[nH]c5c4)csc23)[nH]1. The molecule has 0 spiro atoms. The van der Waals surface area contributed by atoms with Crippen LogP contribution in [-0.2, 0) is 16.1 Å². The number of thiophene rings is 2. The first-order chi connectivity index (χ1) is 21.9. The fourth-order valence-corrected chi connectivity index (χ4v) is 8.00. The fraction of sp³-hybridized carbons (Fsp3) is 0.394. The van der Waals surface area contributed by atoms with Crippen LogP contribution in [0.5, 0.6) is 0 Å². The minimum atomic E-state index is -0.666. The molecule has 5 aromatic rings. The molecule has 0 saturated carbocycles. The molecule has 1 aromatic carbocycles. The molecular weight excluding hydrogens is 607 g/mol. The van der Waals surface area contributed by atoms with Gasteiger partial charge < -0.3 is 30.2 Å². The Hall–Kier alpha value is -4.18. The highest BCUT2D eigenvalue weighted by Crippen LogP contribution is 2.41. The van der Waals surface area contributed by atoms with Crippen molar-refractivity contribution in [2.24, 2.45) is 5.92 Å². The van der Waals surface area contributed by atoms with E-state index in [2.05, 4.69) is 67.2 Å². The van der Waals surface area contributed by atoms with Crippen molar-refractivity contribution in [2.45, 2.75) is 58.7 Å². The number of aromatic amines is 2. The molecule has 1 aliphatic rings. The van der Waals surface area contributed by atoms with E-state index in [0.717, 1.165) is 65.3 Å². The predicted molar refractivity (Wildman–Crippen MR) is 179 cm³/mol. The highest BCUT2D eigenvalue weighted by atomic mass is 32.1. The highest BCUT2D eigenvalue weighted by Gasteiger charge is 2.37. The lowest BCUT2D eigenvalue weighted by atomic mass is 10.0. The average molecular weight is 644 g/mol. The van der Waals surface area contributed by atoms with Crippen LogP contribution in [0, 0.1) is 17.8 Å². The third kappa shape index (κ3) is 6.47. The summed E-state index contributed by atoms with van der Waals surface area (Å²) in [5, 5.41) is 10.4. The van der Waals surface area contributed by atoms with Crippen LogP contribution in [0.1, 0.15) is 69.0 Å². The number of hydrogen-bond acceptors (Lipinski definition) is 8. The maximum Gasteiger partial charge on any atom is 0.407 e. The number of amides is 2. The number of hydrogen-bond donors (Lipinski definition) is 4. The number of fused-ring (bicyclic) bond motifs is 2. The van der Waals surface area contributed by atoms with E-state index in [0.29, 0.717) is 13.1 Å². The number of benzene rings is 1. The van der Waals surface area contributed by atoms with Crippen molar-refractivity contribution in [3.05, 3.63) is 58.1 Å². The topological polar surface area (TPSA) is 128 Å². The Morgan fingerprint density at radius 1 is 1.18 bits per heavy atom. The Kier molecular flexibility index (Phi) is 9.21. The van der Waals surface area contributed by atoms with Crippen molar-refractivity contribution >= 4 is 55.1 Å². The first-order valence-corrected chi connectivity index (χ1v) is 17.0. The summed E-state index contributed by atoms with van der Waals surface area (Å²) in [7, 11) is 1.30. The monoisotopic (exact) mass is 643 g/mol. The number of imidazole rings is 2. The lowest BCUT2D eigenvalue weighted by Crippen LogP contribution is -2.51. The van der Waals surface area contributed by atoms with E-state index in [-0.39, 0.29) is 17.9 Å². The first kappa shape index (κ1) is 30.8. The molecular formula is C33H37N7O3S2. The van der Waals surface area contributed by atoms with E-state index in [1.165, 1.54) is 22.1 Å². The van der Waals surface area contributed by atoms with Crippen molar-refractivity contribution < 1.29 is 14.3 Å². The zero-order chi connectivity index (χ0) is 31.5. The molecule has 4 N–H and O–H groups in total. The van der Waals surface area contributed by atoms with Crippen molar-refractivity contribution in [2.75, 3.05) is 20.2 Å². The van der Waals surface area contributed by atoms with Gasteiger partial charge in [0.2, 0.25) is 5.91 Å². The molecule has 5 heterocycles. The van der Waals surface area contributed by atoms with Crippen molar-refractivity contribution in [3.8, 4) is 23.0 Å². The number of ether oxygens (including phenoxy) is 1. The van der Waals surface area contributed by atoms with Gasteiger partial charge in [-0.3, -0.25) is 4.79 Å². The second kappa shape index (κ2) is 13.4. The van der Waals surface area contributed by atoms with Gasteiger partial charge >= 0.3 is 6.09 Å². The number of H-pyrrole nitrogens is 2. The second-order valence-corrected chi connectivity index (χ2v) is 13.3. The lowest BCUT2D eigenvalue weighted by Gasteiger charge is -2.29. The van der Waals surface area contributed by atoms with Gasteiger partial charge in [0.1, 0.15) is 23.4 Å². The first-order valence-electron chi connectivity index (χ1n) is 15.3. The van der Waals surface area contributed by atoms with Gasteiger partial charge in [0, 0.05) is 22.9 Å². The van der Waals surface area contributed by atoms with E-state index in [1.54, 1.807) is 28.9 Å². The Labute approximate surface area is 270 Å². The molecule has 10 nitrogen and oxygen atoms in total. The quantitative estimate of drug-likeness (QED) is 0.112. The van der Waals surface area contributed by atoms with Crippen LogP contribution in [0.15, 0.2) is 35.2 Å². The summed E-state index contributed by atoms with van der Waals surface area (Å²) in [6.45, 7) is 8.26. The predicted octanol–water partition coefficient (Wildman–Crippen LogP) is 6.17. The van der Waals surface area contributed by atoms with E-state index < -0.39 is 12.1 Å². The zero-order valence-electron chi connectivity index (χ0n) is 25.8. The molecule has 234 valence electrons. The number of carbonyl (C=O) groups excluding carboxylic acids is 2. The molecule has 4 aromatic heterocycles. The molecule has 2 atom stereocenters. The van der Waals surface area contributed by atoms with Crippen LogP contribution in [0.4, 0.5) is 4.79 Å². The second-order valence-electron chi connectivity index (χ2n) is 11.5. The summed E-state index contributed by atoms with van der Waals surface area (Å²) in [6, 6.07) is 5.42. The number of rotatable bonds is 9. The van der Waals surface area contributed by atoms with Gasteiger partial charge in [-0.05, 0) is 55.3 Å². The van der Waals surface area contributed by atoms with Crippen LogP contribution < -0.4 is 10.6 Å². The largest absolute Gasteiger partial charge is 0.453 e. The molecule has 2 amide bonds. The highest BCUT2D eigenvalue weighted by molar-refractivity contribution is 7.27. The van der Waals surface area contributed by atoms with Crippen LogP contribution >= 0.6 is 22.7 Å². The Morgan fingerprint density at radius 3 is 2.82 bits per heavy atom. The summed E-state index contributed by atoms with van der Waals surface area (Å²) >= 11 is 3.41. The molecule has 12 heteroatoms. The Morgan fingerprint density at radius 2 is 2.02 bits per heavy atom. The summed E-state index contributed by atoms with van der Waals surface area (Å²) in [5.41, 5.74) is 5.88. The molecule has 0 radical (unpaired) electrons. The van der Waals surface area contributed by atoms with E-state index in [9.17, 15) is 9.59 Å². The molecule has 6 rings (SSSR count). The van der Waals surface area contributed by atoms with Crippen LogP contribution in [-0.4, -0.2) is 63.1 Å². The maximum atomic E-state index is 13.5. The lowest BCUT2D eigenvalue weighted by molar-refractivity contribution is -0.135. The molecule has 1 fully saturated rings. The molecule has 2 unspecified atom stereocenters. The van der Waals surface area contributed by atoms with Gasteiger partial charge in [-0.25, -0.2) is 14.8 Å². The average Bonchev–Trinajstić information content (AvgIpc) is 3.86. The van der Waals surface area contributed by atoms with E-state index in [1.807, 2.05) is 24.8 Å². The van der Waals surface area contributed by atoms with Crippen LogP contribution in [0.3, 0.4) is 0 Å². The van der Waals surface area contributed by atoms with Crippen molar-refractivity contribution in [1.29, 1.82) is 0 Å². The minimum absolute atomic E-state index is 0.0847.